The number of piperidine rings is 1. The van der Waals surface area contributed by atoms with E-state index in [9.17, 15) is 4.79 Å². The van der Waals surface area contributed by atoms with E-state index in [2.05, 4.69) is 47.4 Å². The number of likely N-dealkylation sites (tertiary alicyclic amines) is 1. The van der Waals surface area contributed by atoms with E-state index in [1.807, 2.05) is 18.7 Å². The van der Waals surface area contributed by atoms with Gasteiger partial charge in [-0.25, -0.2) is 4.79 Å². The summed E-state index contributed by atoms with van der Waals surface area (Å²) in [5.74, 6) is 0.448. The summed E-state index contributed by atoms with van der Waals surface area (Å²) in [5.41, 5.74) is 5.69. The molecule has 5 rings (SSSR count). The van der Waals surface area contributed by atoms with Crippen LogP contribution in [0.5, 0.6) is 0 Å². The van der Waals surface area contributed by atoms with Gasteiger partial charge in [0, 0.05) is 48.5 Å². The Morgan fingerprint density at radius 2 is 1.97 bits per heavy atom. The number of H-pyrrole nitrogens is 1. The van der Waals surface area contributed by atoms with Crippen molar-refractivity contribution in [3.63, 3.8) is 0 Å². The number of halogens is 1. The van der Waals surface area contributed by atoms with Crippen LogP contribution in [0.2, 0.25) is 0 Å². The number of carbonyl (C=O) groups is 1. The van der Waals surface area contributed by atoms with Gasteiger partial charge in [0.15, 0.2) is 0 Å². The number of nitrogens with one attached hydrogen (secondary N) is 2. The molecular weight excluding hydrogens is 553 g/mol. The highest BCUT2D eigenvalue weighted by molar-refractivity contribution is 5.89. The number of urea groups is 1. The Morgan fingerprint density at radius 3 is 2.66 bits per heavy atom. The number of hydrogen-bond donors (Lipinski definition) is 2. The van der Waals surface area contributed by atoms with Gasteiger partial charge in [-0.2, -0.15) is 0 Å². The van der Waals surface area contributed by atoms with Crippen LogP contribution in [0, 0.1) is 0 Å². The molecule has 3 heterocycles. The van der Waals surface area contributed by atoms with Gasteiger partial charge in [0.25, 0.3) is 0 Å². The minimum absolute atomic E-state index is 0. The number of aromatic nitrogens is 1. The Bertz CT molecular complexity index is 1030. The Morgan fingerprint density at radius 1 is 1.23 bits per heavy atom. The van der Waals surface area contributed by atoms with Gasteiger partial charge in [-0.1, -0.05) is 19.1 Å². The lowest BCUT2D eigenvalue weighted by atomic mass is 9.73. The quantitative estimate of drug-likeness (QED) is 0.374. The maximum atomic E-state index is 12.8. The normalized spacial score (nSPS) is 25.5. The van der Waals surface area contributed by atoms with Crippen LogP contribution in [0.25, 0.3) is 10.9 Å². The fourth-order valence-corrected chi connectivity index (χ4v) is 6.66. The Labute approximate surface area is 227 Å². The minimum atomic E-state index is 0. The van der Waals surface area contributed by atoms with E-state index in [-0.39, 0.29) is 36.0 Å². The number of morpholine rings is 1. The molecule has 194 valence electrons. The summed E-state index contributed by atoms with van der Waals surface area (Å²) in [6, 6.07) is 7.55. The van der Waals surface area contributed by atoms with E-state index in [1.54, 1.807) is 0 Å². The molecule has 1 aliphatic carbocycles. The van der Waals surface area contributed by atoms with Crippen molar-refractivity contribution < 1.29 is 38.0 Å². The first-order chi connectivity index (χ1) is 16.5. The fraction of sp³-hybridized carbons (Fsp3) is 0.667. The van der Waals surface area contributed by atoms with Crippen molar-refractivity contribution in [2.75, 3.05) is 59.5 Å². The smallest absolute Gasteiger partial charge is 0.317 e. The van der Waals surface area contributed by atoms with Crippen LogP contribution in [-0.2, 0) is 17.7 Å². The second-order valence-corrected chi connectivity index (χ2v) is 10.7. The number of amides is 2. The molecule has 2 fully saturated rings. The number of fused-ring (bicyclic) bond motifs is 2. The summed E-state index contributed by atoms with van der Waals surface area (Å²) in [7, 11) is 2.37. The Hall–Kier alpha value is -1.36. The molecule has 3 atom stereocenters. The van der Waals surface area contributed by atoms with Crippen LogP contribution >= 0.6 is 0 Å². The molecule has 1 unspecified atom stereocenters. The van der Waals surface area contributed by atoms with Crippen molar-refractivity contribution in [3.05, 3.63) is 35.0 Å². The minimum Gasteiger partial charge on any atom is -1.00 e. The molecule has 2 amide bonds. The van der Waals surface area contributed by atoms with Gasteiger partial charge >= 0.3 is 6.03 Å². The molecular formula is C27H42IN5O2. The van der Waals surface area contributed by atoms with E-state index in [1.165, 1.54) is 27.7 Å². The number of benzene rings is 1. The van der Waals surface area contributed by atoms with E-state index < -0.39 is 0 Å². The molecule has 2 aliphatic heterocycles. The lowest BCUT2D eigenvalue weighted by Gasteiger charge is -2.47. The highest BCUT2D eigenvalue weighted by Crippen LogP contribution is 2.45. The molecule has 1 aromatic heterocycles. The number of aromatic amines is 1. The zero-order valence-corrected chi connectivity index (χ0v) is 23.9. The lowest BCUT2D eigenvalue weighted by molar-refractivity contribution is -0.929. The van der Waals surface area contributed by atoms with Gasteiger partial charge < -0.3 is 48.4 Å². The summed E-state index contributed by atoms with van der Waals surface area (Å²) in [6.45, 7) is 14.7. The first kappa shape index (κ1) is 26.7. The zero-order chi connectivity index (χ0) is 23.9. The molecule has 0 bridgehead atoms. The van der Waals surface area contributed by atoms with E-state index >= 15 is 0 Å². The summed E-state index contributed by atoms with van der Waals surface area (Å²) in [4.78, 5) is 21.2. The van der Waals surface area contributed by atoms with E-state index in [0.29, 0.717) is 12.0 Å². The van der Waals surface area contributed by atoms with Crippen molar-refractivity contribution in [1.82, 2.24) is 20.1 Å². The van der Waals surface area contributed by atoms with Gasteiger partial charge in [-0.15, -0.1) is 0 Å². The van der Waals surface area contributed by atoms with Crippen molar-refractivity contribution >= 4 is 16.9 Å². The second kappa shape index (κ2) is 10.9. The first-order valence-corrected chi connectivity index (χ1v) is 13.3. The van der Waals surface area contributed by atoms with Gasteiger partial charge in [-0.3, -0.25) is 4.90 Å². The lowest BCUT2D eigenvalue weighted by Crippen LogP contribution is -3.00. The monoisotopic (exact) mass is 595 g/mol. The first-order valence-electron chi connectivity index (χ1n) is 13.3. The average molecular weight is 596 g/mol. The predicted octanol–water partition coefficient (Wildman–Crippen LogP) is 0.303. The van der Waals surface area contributed by atoms with E-state index in [0.717, 1.165) is 76.4 Å². The van der Waals surface area contributed by atoms with Crippen LogP contribution in [0.3, 0.4) is 0 Å². The highest BCUT2D eigenvalue weighted by Gasteiger charge is 2.42. The van der Waals surface area contributed by atoms with Crippen molar-refractivity contribution in [3.8, 4) is 0 Å². The van der Waals surface area contributed by atoms with Crippen LogP contribution < -0.4 is 29.3 Å². The SMILES string of the molecule is CCN(CC)C(=O)NC1C[C@@H]2c3cccc4[nH]c(C[N+]5(C)CCOCC5)c(c34)C[C@H]2N(CC)C1.[I-]. The fourth-order valence-electron chi connectivity index (χ4n) is 6.66. The van der Waals surface area contributed by atoms with E-state index in [4.69, 9.17) is 4.74 Å². The third kappa shape index (κ3) is 5.08. The third-order valence-corrected chi connectivity index (χ3v) is 8.66. The summed E-state index contributed by atoms with van der Waals surface area (Å²) >= 11 is 0. The summed E-state index contributed by atoms with van der Waals surface area (Å²) < 4.78 is 6.69. The molecule has 7 nitrogen and oxygen atoms in total. The van der Waals surface area contributed by atoms with Crippen molar-refractivity contribution in [1.29, 1.82) is 0 Å². The molecule has 2 aromatic rings. The van der Waals surface area contributed by atoms with Crippen molar-refractivity contribution in [2.45, 2.75) is 58.2 Å². The number of hydrogen-bond acceptors (Lipinski definition) is 3. The zero-order valence-electron chi connectivity index (χ0n) is 21.8. The molecule has 8 heteroatoms. The van der Waals surface area contributed by atoms with Crippen molar-refractivity contribution in [2.24, 2.45) is 0 Å². The van der Waals surface area contributed by atoms with Crippen LogP contribution in [0.4, 0.5) is 4.79 Å². The Kier molecular flexibility index (Phi) is 8.35. The van der Waals surface area contributed by atoms with Gasteiger partial charge in [-0.05, 0) is 50.4 Å². The Balaban J connectivity index is 0.00000289. The standard InChI is InChI=1S/C27H41N5O2.HI/c1-5-30(6-2)27(33)28-19-15-21-20-9-8-10-23-26(20)22(16-25(21)31(7-3)17-19)24(29-23)18-32(4)11-13-34-14-12-32;/h8-10,19,21,25,29H,5-7,11-18H2,1-4H3;1H/t19?,21-,25-;/m1./s1. The maximum absolute atomic E-state index is 12.8. The largest absolute Gasteiger partial charge is 1.00 e. The number of likely N-dealkylation sites (N-methyl/N-ethyl adjacent to an activating group) is 2. The second-order valence-electron chi connectivity index (χ2n) is 10.7. The summed E-state index contributed by atoms with van der Waals surface area (Å²) in [6.07, 6.45) is 2.11. The molecule has 0 radical (unpaired) electrons. The number of quaternary nitrogens is 1. The number of ether oxygens (including phenoxy) is 1. The molecule has 2 saturated heterocycles. The molecule has 0 saturated carbocycles. The average Bonchev–Trinajstić information content (AvgIpc) is 3.17. The molecule has 0 spiro atoms. The van der Waals surface area contributed by atoms with Crippen LogP contribution in [0.15, 0.2) is 18.2 Å². The summed E-state index contributed by atoms with van der Waals surface area (Å²) in [5, 5.41) is 4.81. The topological polar surface area (TPSA) is 60.6 Å². The number of rotatable bonds is 6. The van der Waals surface area contributed by atoms with Crippen LogP contribution in [0.1, 0.15) is 49.9 Å². The van der Waals surface area contributed by atoms with Crippen LogP contribution in [-0.4, -0.2) is 96.9 Å². The third-order valence-electron chi connectivity index (χ3n) is 8.66. The highest BCUT2D eigenvalue weighted by atomic mass is 127. The molecule has 3 aliphatic rings. The van der Waals surface area contributed by atoms with Gasteiger partial charge in [0.2, 0.25) is 0 Å². The van der Waals surface area contributed by atoms with Gasteiger partial charge in [0.05, 0.1) is 26.0 Å². The molecule has 2 N–H and O–H groups in total. The molecule has 1 aromatic carbocycles. The maximum Gasteiger partial charge on any atom is 0.317 e. The number of carbonyl (C=O) groups excluding carboxylic acids is 1. The van der Waals surface area contributed by atoms with Gasteiger partial charge in [0.1, 0.15) is 19.6 Å². The predicted molar refractivity (Wildman–Crippen MR) is 136 cm³/mol. The molecule has 35 heavy (non-hydrogen) atoms. The number of nitrogens with zero attached hydrogens (tertiary/aromatic N) is 3.